The van der Waals surface area contributed by atoms with Gasteiger partial charge in [0.15, 0.2) is 5.82 Å². The van der Waals surface area contributed by atoms with Crippen LogP contribution < -0.4 is 5.32 Å². The summed E-state index contributed by atoms with van der Waals surface area (Å²) in [6.07, 6.45) is 0. The summed E-state index contributed by atoms with van der Waals surface area (Å²) < 4.78 is 0.949. The Kier molecular flexibility index (Phi) is 6.02. The second-order valence-electron chi connectivity index (χ2n) is 5.35. The summed E-state index contributed by atoms with van der Waals surface area (Å²) in [6, 6.07) is 7.79. The summed E-state index contributed by atoms with van der Waals surface area (Å²) in [5, 5.41) is 10.3. The van der Waals surface area contributed by atoms with Crippen molar-refractivity contribution in [3.63, 3.8) is 0 Å². The van der Waals surface area contributed by atoms with Crippen molar-refractivity contribution in [1.29, 1.82) is 0 Å². The molecule has 1 aromatic heterocycles. The second-order valence-corrected chi connectivity index (χ2v) is 7.51. The van der Waals surface area contributed by atoms with Crippen molar-refractivity contribution in [2.75, 3.05) is 6.54 Å². The molecule has 0 radical (unpaired) electrons. The highest BCUT2D eigenvalue weighted by Gasteiger charge is 2.17. The molecule has 1 atom stereocenters. The molecule has 1 heterocycles. The van der Waals surface area contributed by atoms with E-state index in [9.17, 15) is 4.79 Å². The van der Waals surface area contributed by atoms with Gasteiger partial charge in [-0.25, -0.2) is 4.98 Å². The normalized spacial score (nSPS) is 12.4. The van der Waals surface area contributed by atoms with Crippen molar-refractivity contribution >= 4 is 33.6 Å². The molecule has 2 aromatic rings. The minimum atomic E-state index is -0.235. The van der Waals surface area contributed by atoms with Crippen molar-refractivity contribution in [3.8, 4) is 11.4 Å². The van der Waals surface area contributed by atoms with E-state index in [-0.39, 0.29) is 11.2 Å². The van der Waals surface area contributed by atoms with Crippen molar-refractivity contribution in [3.05, 3.63) is 28.7 Å². The molecular weight excluding hydrogens is 364 g/mol. The van der Waals surface area contributed by atoms with Crippen LogP contribution in [0, 0.1) is 5.92 Å². The van der Waals surface area contributed by atoms with E-state index in [1.807, 2.05) is 31.2 Å². The number of amides is 1. The summed E-state index contributed by atoms with van der Waals surface area (Å²) in [4.78, 5) is 16.4. The Morgan fingerprint density at radius 3 is 2.77 bits per heavy atom. The highest BCUT2D eigenvalue weighted by atomic mass is 79.9. The van der Waals surface area contributed by atoms with Crippen LogP contribution in [0.2, 0.25) is 0 Å². The average molecular weight is 383 g/mol. The Bertz CT molecular complexity index is 644. The van der Waals surface area contributed by atoms with Gasteiger partial charge in [-0.3, -0.25) is 9.89 Å². The van der Waals surface area contributed by atoms with E-state index in [0.717, 1.165) is 10.0 Å². The van der Waals surface area contributed by atoms with Gasteiger partial charge in [-0.15, -0.1) is 5.10 Å². The number of aromatic amines is 1. The van der Waals surface area contributed by atoms with Gasteiger partial charge in [0, 0.05) is 16.6 Å². The molecule has 0 fully saturated rings. The molecule has 22 heavy (non-hydrogen) atoms. The van der Waals surface area contributed by atoms with Gasteiger partial charge in [0.25, 0.3) is 0 Å². The number of aromatic nitrogens is 3. The number of thioether (sulfide) groups is 1. The summed E-state index contributed by atoms with van der Waals surface area (Å²) in [5.41, 5.74) is 0.943. The Hall–Kier alpha value is -1.34. The quantitative estimate of drug-likeness (QED) is 0.750. The molecule has 7 heteroatoms. The van der Waals surface area contributed by atoms with E-state index >= 15 is 0 Å². The lowest BCUT2D eigenvalue weighted by Crippen LogP contribution is -2.33. The third-order valence-electron chi connectivity index (χ3n) is 2.93. The van der Waals surface area contributed by atoms with Gasteiger partial charge >= 0.3 is 0 Å². The lowest BCUT2D eigenvalue weighted by molar-refractivity contribution is -0.120. The predicted molar refractivity (Wildman–Crippen MR) is 92.7 cm³/mol. The van der Waals surface area contributed by atoms with Gasteiger partial charge in [0.05, 0.1) is 5.25 Å². The highest BCUT2D eigenvalue weighted by Crippen LogP contribution is 2.27. The van der Waals surface area contributed by atoms with Crippen LogP contribution in [0.5, 0.6) is 0 Å². The molecular formula is C15H19BrN4OS. The number of halogens is 1. The van der Waals surface area contributed by atoms with Gasteiger partial charge in [-0.05, 0) is 18.9 Å². The minimum absolute atomic E-state index is 0.00550. The van der Waals surface area contributed by atoms with Crippen LogP contribution in [0.1, 0.15) is 20.8 Å². The van der Waals surface area contributed by atoms with E-state index in [1.165, 1.54) is 11.8 Å². The third kappa shape index (κ3) is 4.58. The van der Waals surface area contributed by atoms with E-state index in [0.29, 0.717) is 23.4 Å². The number of H-pyrrole nitrogens is 1. The van der Waals surface area contributed by atoms with Gasteiger partial charge in [0.1, 0.15) is 0 Å². The summed E-state index contributed by atoms with van der Waals surface area (Å²) >= 11 is 4.84. The Morgan fingerprint density at radius 1 is 1.36 bits per heavy atom. The fourth-order valence-corrected chi connectivity index (χ4v) is 2.95. The molecule has 0 bridgehead atoms. The van der Waals surface area contributed by atoms with Gasteiger partial charge in [-0.1, -0.05) is 59.7 Å². The van der Waals surface area contributed by atoms with E-state index in [4.69, 9.17) is 0 Å². The van der Waals surface area contributed by atoms with E-state index in [2.05, 4.69) is 50.3 Å². The van der Waals surface area contributed by atoms with Crippen LogP contribution in [0.3, 0.4) is 0 Å². The fraction of sp³-hybridized carbons (Fsp3) is 0.400. The maximum atomic E-state index is 12.0. The predicted octanol–water partition coefficient (Wildman–Crippen LogP) is 3.49. The number of nitrogens with zero attached hydrogens (tertiary/aromatic N) is 2. The number of carbonyl (C=O) groups excluding carboxylic acids is 1. The van der Waals surface area contributed by atoms with Crippen LogP contribution >= 0.6 is 27.7 Å². The Balaban J connectivity index is 2.00. The molecule has 0 saturated heterocycles. The molecule has 2 rings (SSSR count). The van der Waals surface area contributed by atoms with E-state index in [1.54, 1.807) is 0 Å². The van der Waals surface area contributed by atoms with Crippen molar-refractivity contribution in [1.82, 2.24) is 20.5 Å². The van der Waals surface area contributed by atoms with Crippen LogP contribution in [-0.2, 0) is 4.79 Å². The average Bonchev–Trinajstić information content (AvgIpc) is 2.93. The molecule has 118 valence electrons. The van der Waals surface area contributed by atoms with Crippen LogP contribution in [0.4, 0.5) is 0 Å². The zero-order chi connectivity index (χ0) is 16.1. The Morgan fingerprint density at radius 2 is 2.09 bits per heavy atom. The standard InChI is InChI=1S/C15H19BrN4OS/c1-9(2)8-17-14(21)10(3)22-15-18-13(19-20-15)11-6-4-5-7-12(11)16/h4-7,9-10H,8H2,1-3H3,(H,17,21)(H,18,19,20)/t10-/m0/s1. The first kappa shape index (κ1) is 17.0. The summed E-state index contributed by atoms with van der Waals surface area (Å²) in [6.45, 7) is 6.67. The largest absolute Gasteiger partial charge is 0.355 e. The zero-order valence-electron chi connectivity index (χ0n) is 12.8. The summed E-state index contributed by atoms with van der Waals surface area (Å²) in [7, 11) is 0. The number of hydrogen-bond donors (Lipinski definition) is 2. The lowest BCUT2D eigenvalue weighted by atomic mass is 10.2. The van der Waals surface area contributed by atoms with Crippen molar-refractivity contribution in [2.24, 2.45) is 5.92 Å². The SMILES string of the molecule is CC(C)CNC(=O)[C@H](C)Sc1n[nH]c(-c2ccccc2Br)n1. The smallest absolute Gasteiger partial charge is 0.233 e. The van der Waals surface area contributed by atoms with Crippen LogP contribution in [0.25, 0.3) is 11.4 Å². The topological polar surface area (TPSA) is 70.7 Å². The maximum absolute atomic E-state index is 12.0. The molecule has 0 saturated carbocycles. The van der Waals surface area contributed by atoms with Crippen molar-refractivity contribution in [2.45, 2.75) is 31.2 Å². The number of hydrogen-bond acceptors (Lipinski definition) is 4. The first-order chi connectivity index (χ1) is 10.5. The molecule has 1 aromatic carbocycles. The number of rotatable bonds is 6. The molecule has 0 unspecified atom stereocenters. The first-order valence-corrected chi connectivity index (χ1v) is 8.76. The lowest BCUT2D eigenvalue weighted by Gasteiger charge is -2.11. The second kappa shape index (κ2) is 7.78. The minimum Gasteiger partial charge on any atom is -0.355 e. The molecule has 1 amide bonds. The number of benzene rings is 1. The zero-order valence-corrected chi connectivity index (χ0v) is 15.2. The van der Waals surface area contributed by atoms with Gasteiger partial charge in [-0.2, -0.15) is 0 Å². The molecule has 5 nitrogen and oxygen atoms in total. The highest BCUT2D eigenvalue weighted by molar-refractivity contribution is 9.10. The molecule has 0 spiro atoms. The van der Waals surface area contributed by atoms with Crippen LogP contribution in [0.15, 0.2) is 33.9 Å². The molecule has 0 aliphatic rings. The monoisotopic (exact) mass is 382 g/mol. The summed E-state index contributed by atoms with van der Waals surface area (Å²) in [5.74, 6) is 1.13. The number of carbonyl (C=O) groups is 1. The van der Waals surface area contributed by atoms with Gasteiger partial charge < -0.3 is 5.32 Å². The molecule has 0 aliphatic heterocycles. The number of nitrogens with one attached hydrogen (secondary N) is 2. The fourth-order valence-electron chi connectivity index (χ4n) is 1.73. The molecule has 0 aliphatic carbocycles. The van der Waals surface area contributed by atoms with Gasteiger partial charge in [0.2, 0.25) is 11.1 Å². The first-order valence-electron chi connectivity index (χ1n) is 7.09. The third-order valence-corrected chi connectivity index (χ3v) is 4.58. The molecule has 2 N–H and O–H groups in total. The Labute approximate surface area is 142 Å². The van der Waals surface area contributed by atoms with Crippen LogP contribution in [-0.4, -0.2) is 32.9 Å². The maximum Gasteiger partial charge on any atom is 0.233 e. The van der Waals surface area contributed by atoms with Crippen molar-refractivity contribution < 1.29 is 4.79 Å². The van der Waals surface area contributed by atoms with E-state index < -0.39 is 0 Å².